The predicted octanol–water partition coefficient (Wildman–Crippen LogP) is 2.39. The first kappa shape index (κ1) is 21.5. The van der Waals surface area contributed by atoms with Gasteiger partial charge in [0.05, 0.1) is 51.9 Å². The Morgan fingerprint density at radius 1 is 1.17 bits per heavy atom. The lowest BCUT2D eigenvalue weighted by molar-refractivity contribution is 0.277. The van der Waals surface area contributed by atoms with Gasteiger partial charge < -0.3 is 5.11 Å². The number of nitriles is 1. The summed E-state index contributed by atoms with van der Waals surface area (Å²) in [6.45, 7) is 1.36. The number of aryl methyl sites for hydroxylation is 2. The summed E-state index contributed by atoms with van der Waals surface area (Å²) in [6, 6.07) is 8.55. The molecule has 5 heterocycles. The third-order valence-electron chi connectivity index (χ3n) is 6.25. The lowest BCUT2D eigenvalue weighted by Crippen LogP contribution is -2.11. The SMILES string of the molecule is Cc1nnc2ccc3c(C#N)c(-c4c(-c5cc6c(CO)n[nH]c(=O)c6cn5)cnn4C)c(F)cc3n12. The minimum Gasteiger partial charge on any atom is -0.390 e. The number of benzene rings is 1. The molecular formula is C24H16FN9O2. The van der Waals surface area contributed by atoms with Crippen LogP contribution in [-0.4, -0.2) is 44.7 Å². The first-order valence-electron chi connectivity index (χ1n) is 10.8. The van der Waals surface area contributed by atoms with Crippen molar-refractivity contribution in [2.24, 2.45) is 7.05 Å². The standard InChI is InChI=1S/C24H16FN9O2/c1-11-29-31-21-4-3-12-14(7-26)22(17(25)6-20(12)34(11)21)23-16(9-28-33(23)2)18-5-13-15(8-27-18)24(36)32-30-19(13)10-35/h3-6,8-9,35H,10H2,1-2H3,(H,32,36). The molecule has 6 rings (SSSR count). The van der Waals surface area contributed by atoms with Crippen molar-refractivity contribution in [2.45, 2.75) is 13.5 Å². The van der Waals surface area contributed by atoms with E-state index in [1.54, 1.807) is 36.6 Å². The number of aromatic nitrogens is 8. The van der Waals surface area contributed by atoms with Crippen LogP contribution in [0.25, 0.3) is 49.8 Å². The molecule has 0 spiro atoms. The summed E-state index contributed by atoms with van der Waals surface area (Å²) < 4.78 is 19.0. The Bertz CT molecular complexity index is 1960. The Morgan fingerprint density at radius 3 is 2.78 bits per heavy atom. The van der Waals surface area contributed by atoms with Crippen LogP contribution in [-0.2, 0) is 13.7 Å². The number of aliphatic hydroxyl groups is 1. The smallest absolute Gasteiger partial charge is 0.273 e. The van der Waals surface area contributed by atoms with Crippen LogP contribution in [0.5, 0.6) is 0 Å². The van der Waals surface area contributed by atoms with Gasteiger partial charge in [0.25, 0.3) is 5.56 Å². The number of fused-ring (bicyclic) bond motifs is 4. The molecule has 0 amide bonds. The number of H-pyrrole nitrogens is 1. The van der Waals surface area contributed by atoms with Gasteiger partial charge in [0.2, 0.25) is 0 Å². The normalized spacial score (nSPS) is 11.5. The van der Waals surface area contributed by atoms with Crippen molar-refractivity contribution in [3.63, 3.8) is 0 Å². The van der Waals surface area contributed by atoms with E-state index < -0.39 is 18.0 Å². The van der Waals surface area contributed by atoms with Crippen LogP contribution in [0.4, 0.5) is 4.39 Å². The Kier molecular flexibility index (Phi) is 4.63. The molecule has 5 aromatic heterocycles. The molecule has 0 unspecified atom stereocenters. The predicted molar refractivity (Wildman–Crippen MR) is 127 cm³/mol. The Labute approximate surface area is 201 Å². The zero-order chi connectivity index (χ0) is 25.1. The van der Waals surface area contributed by atoms with Crippen LogP contribution in [0.15, 0.2) is 41.5 Å². The highest BCUT2D eigenvalue weighted by atomic mass is 19.1. The quantitative estimate of drug-likeness (QED) is 0.391. The number of halogens is 1. The Morgan fingerprint density at radius 2 is 2.00 bits per heavy atom. The van der Waals surface area contributed by atoms with Crippen LogP contribution in [0.3, 0.4) is 0 Å². The maximum atomic E-state index is 15.8. The monoisotopic (exact) mass is 481 g/mol. The minimum absolute atomic E-state index is 0.0680. The summed E-state index contributed by atoms with van der Waals surface area (Å²) in [6.07, 6.45) is 2.88. The molecule has 6 aromatic rings. The second-order valence-corrected chi connectivity index (χ2v) is 8.23. The van der Waals surface area contributed by atoms with Gasteiger partial charge in [0, 0.05) is 29.6 Å². The molecule has 36 heavy (non-hydrogen) atoms. The van der Waals surface area contributed by atoms with Gasteiger partial charge in [0.15, 0.2) is 5.65 Å². The molecule has 0 radical (unpaired) electrons. The van der Waals surface area contributed by atoms with Crippen molar-refractivity contribution in [3.8, 4) is 28.6 Å². The van der Waals surface area contributed by atoms with Crippen molar-refractivity contribution in [2.75, 3.05) is 0 Å². The van der Waals surface area contributed by atoms with E-state index in [0.29, 0.717) is 44.7 Å². The maximum absolute atomic E-state index is 15.8. The van der Waals surface area contributed by atoms with Gasteiger partial charge in [-0.05, 0) is 31.2 Å². The van der Waals surface area contributed by atoms with E-state index >= 15 is 4.39 Å². The largest absolute Gasteiger partial charge is 0.390 e. The number of aromatic amines is 1. The summed E-state index contributed by atoms with van der Waals surface area (Å²) in [7, 11) is 1.64. The van der Waals surface area contributed by atoms with E-state index in [0.717, 1.165) is 0 Å². The van der Waals surface area contributed by atoms with Gasteiger partial charge in [0.1, 0.15) is 17.7 Å². The summed E-state index contributed by atoms with van der Waals surface area (Å²) >= 11 is 0. The molecule has 2 N–H and O–H groups in total. The number of rotatable bonds is 3. The Balaban J connectivity index is 1.66. The summed E-state index contributed by atoms with van der Waals surface area (Å²) in [4.78, 5) is 16.6. The number of hydrogen-bond acceptors (Lipinski definition) is 8. The summed E-state index contributed by atoms with van der Waals surface area (Å²) in [5, 5.41) is 39.7. The average Bonchev–Trinajstić information content (AvgIpc) is 3.45. The van der Waals surface area contributed by atoms with Crippen molar-refractivity contribution >= 4 is 27.3 Å². The fraction of sp³-hybridized carbons (Fsp3) is 0.125. The topological polar surface area (TPSA) is 151 Å². The van der Waals surface area contributed by atoms with Gasteiger partial charge in [-0.3, -0.25) is 18.9 Å². The zero-order valence-corrected chi connectivity index (χ0v) is 19.0. The highest BCUT2D eigenvalue weighted by Gasteiger charge is 2.24. The van der Waals surface area contributed by atoms with Crippen molar-refractivity contribution < 1.29 is 9.50 Å². The zero-order valence-electron chi connectivity index (χ0n) is 19.0. The molecular weight excluding hydrogens is 465 g/mol. The van der Waals surface area contributed by atoms with E-state index in [-0.39, 0.29) is 22.2 Å². The number of nitrogens with zero attached hydrogens (tertiary/aromatic N) is 8. The van der Waals surface area contributed by atoms with Gasteiger partial charge in [-0.15, -0.1) is 10.2 Å². The molecule has 0 aliphatic rings. The van der Waals surface area contributed by atoms with Crippen LogP contribution in [0, 0.1) is 24.1 Å². The second kappa shape index (κ2) is 7.76. The number of aliphatic hydroxyl groups excluding tert-OH is 1. The maximum Gasteiger partial charge on any atom is 0.273 e. The molecule has 0 atom stereocenters. The third-order valence-corrected chi connectivity index (χ3v) is 6.25. The molecule has 0 saturated heterocycles. The van der Waals surface area contributed by atoms with Crippen LogP contribution < -0.4 is 5.56 Å². The first-order valence-corrected chi connectivity index (χ1v) is 10.8. The fourth-order valence-electron chi connectivity index (χ4n) is 4.60. The lowest BCUT2D eigenvalue weighted by atomic mass is 9.95. The molecule has 0 fully saturated rings. The summed E-state index contributed by atoms with van der Waals surface area (Å²) in [5.41, 5.74) is 2.18. The Hall–Kier alpha value is -5.02. The van der Waals surface area contributed by atoms with Crippen molar-refractivity contribution in [3.05, 3.63) is 69.9 Å². The van der Waals surface area contributed by atoms with Gasteiger partial charge in [-0.1, -0.05) is 0 Å². The fourth-order valence-corrected chi connectivity index (χ4v) is 4.60. The lowest BCUT2D eigenvalue weighted by Gasteiger charge is -2.13. The van der Waals surface area contributed by atoms with E-state index in [1.165, 1.54) is 23.1 Å². The minimum atomic E-state index is -0.626. The molecule has 0 aliphatic heterocycles. The molecule has 1 aromatic carbocycles. The van der Waals surface area contributed by atoms with Gasteiger partial charge >= 0.3 is 0 Å². The third kappa shape index (κ3) is 2.93. The molecule has 11 nitrogen and oxygen atoms in total. The highest BCUT2D eigenvalue weighted by Crippen LogP contribution is 2.38. The van der Waals surface area contributed by atoms with E-state index in [9.17, 15) is 15.2 Å². The molecule has 0 saturated carbocycles. The first-order chi connectivity index (χ1) is 17.4. The van der Waals surface area contributed by atoms with Crippen molar-refractivity contribution in [1.29, 1.82) is 5.26 Å². The van der Waals surface area contributed by atoms with E-state index in [2.05, 4.69) is 36.5 Å². The molecule has 176 valence electrons. The highest BCUT2D eigenvalue weighted by molar-refractivity contribution is 5.97. The molecule has 12 heteroatoms. The van der Waals surface area contributed by atoms with E-state index in [4.69, 9.17) is 0 Å². The van der Waals surface area contributed by atoms with Crippen LogP contribution in [0.2, 0.25) is 0 Å². The van der Waals surface area contributed by atoms with Crippen molar-refractivity contribution in [1.82, 2.24) is 39.6 Å². The van der Waals surface area contributed by atoms with Gasteiger partial charge in [-0.2, -0.15) is 15.5 Å². The molecule has 0 bridgehead atoms. The number of nitrogens with one attached hydrogen (secondary N) is 1. The molecule has 0 aliphatic carbocycles. The summed E-state index contributed by atoms with van der Waals surface area (Å²) in [5.74, 6) is -0.0593. The van der Waals surface area contributed by atoms with Crippen LogP contribution >= 0.6 is 0 Å². The number of hydrogen-bond donors (Lipinski definition) is 2. The number of pyridine rings is 2. The van der Waals surface area contributed by atoms with E-state index in [1.807, 2.05) is 0 Å². The van der Waals surface area contributed by atoms with Gasteiger partial charge in [-0.25, -0.2) is 9.49 Å². The van der Waals surface area contributed by atoms with Crippen LogP contribution in [0.1, 0.15) is 17.1 Å². The average molecular weight is 481 g/mol. The second-order valence-electron chi connectivity index (χ2n) is 8.23.